The van der Waals surface area contributed by atoms with Crippen molar-refractivity contribution in [2.45, 2.75) is 57.4 Å². The number of aromatic hydroxyl groups is 1. The van der Waals surface area contributed by atoms with Gasteiger partial charge in [0.05, 0.1) is 22.7 Å². The molecule has 0 bridgehead atoms. The van der Waals surface area contributed by atoms with Crippen LogP contribution in [0.25, 0.3) is 0 Å². The van der Waals surface area contributed by atoms with Crippen LogP contribution in [0.15, 0.2) is 47.4 Å². The van der Waals surface area contributed by atoms with Crippen LogP contribution in [0.2, 0.25) is 5.02 Å². The number of pyridine rings is 1. The highest BCUT2D eigenvalue weighted by Gasteiger charge is 2.39. The van der Waals surface area contributed by atoms with Gasteiger partial charge >= 0.3 is 0 Å². The summed E-state index contributed by atoms with van der Waals surface area (Å²) in [5.41, 5.74) is 1.37. The van der Waals surface area contributed by atoms with Gasteiger partial charge in [-0.25, -0.2) is 0 Å². The molecule has 2 fully saturated rings. The van der Waals surface area contributed by atoms with Crippen molar-refractivity contribution < 1.29 is 9.90 Å². The van der Waals surface area contributed by atoms with Crippen LogP contribution >= 0.6 is 11.6 Å². The van der Waals surface area contributed by atoms with E-state index in [0.29, 0.717) is 42.3 Å². The summed E-state index contributed by atoms with van der Waals surface area (Å²) >= 11 is 5.97. The highest BCUT2D eigenvalue weighted by molar-refractivity contribution is 6.30. The third-order valence-electron chi connectivity index (χ3n) is 7.49. The Balaban J connectivity index is 1.54. The molecule has 1 aliphatic heterocycles. The summed E-state index contributed by atoms with van der Waals surface area (Å²) in [7, 11) is 0. The number of nitrogens with zero attached hydrogens (tertiary/aromatic N) is 5. The lowest BCUT2D eigenvalue weighted by atomic mass is 9.99. The van der Waals surface area contributed by atoms with Crippen molar-refractivity contribution >= 4 is 17.5 Å². The summed E-state index contributed by atoms with van der Waals surface area (Å²) in [5, 5.41) is 20.9. The van der Waals surface area contributed by atoms with Gasteiger partial charge in [0, 0.05) is 37.3 Å². The second-order valence-corrected chi connectivity index (χ2v) is 10.6. The molecule has 2 atom stereocenters. The van der Waals surface area contributed by atoms with Crippen LogP contribution in [0, 0.1) is 17.2 Å². The molecular weight excluding hydrogens is 502 g/mol. The second-order valence-electron chi connectivity index (χ2n) is 10.2. The largest absolute Gasteiger partial charge is 0.493 e. The molecule has 1 unspecified atom stereocenters. The van der Waals surface area contributed by atoms with Gasteiger partial charge in [-0.2, -0.15) is 10.2 Å². The maximum Gasteiger partial charge on any atom is 0.270 e. The SMILES string of the molecule is CCCCc1nc(O)c(C(=O)N2CCC(c3ccc(Cl)cn3)C2)c(=O)n1[C@H](c1cccc(C#N)c1)C1CC1. The number of hydrogen-bond acceptors (Lipinski definition) is 6. The number of benzene rings is 1. The molecular formula is C29H30ClN5O3. The third kappa shape index (κ3) is 5.16. The number of nitriles is 1. The molecule has 2 aromatic heterocycles. The van der Waals surface area contributed by atoms with Crippen LogP contribution < -0.4 is 5.56 Å². The number of aromatic nitrogens is 3. The number of carbonyl (C=O) groups excluding carboxylic acids is 1. The van der Waals surface area contributed by atoms with Crippen LogP contribution in [0.5, 0.6) is 5.88 Å². The normalized spacial score (nSPS) is 17.8. The summed E-state index contributed by atoms with van der Waals surface area (Å²) in [6.45, 7) is 2.88. The van der Waals surface area contributed by atoms with E-state index in [1.807, 2.05) is 25.1 Å². The third-order valence-corrected chi connectivity index (χ3v) is 7.71. The minimum Gasteiger partial charge on any atom is -0.493 e. The van der Waals surface area contributed by atoms with Gasteiger partial charge in [0.1, 0.15) is 5.82 Å². The van der Waals surface area contributed by atoms with Crippen molar-refractivity contribution in [2.24, 2.45) is 5.92 Å². The summed E-state index contributed by atoms with van der Waals surface area (Å²) in [6, 6.07) is 12.7. The van der Waals surface area contributed by atoms with E-state index in [0.717, 1.165) is 36.9 Å². The number of aryl methyl sites for hydroxylation is 1. The molecule has 38 heavy (non-hydrogen) atoms. The van der Waals surface area contributed by atoms with Gasteiger partial charge in [0.25, 0.3) is 11.5 Å². The average Bonchev–Trinajstić information content (AvgIpc) is 3.64. The lowest BCUT2D eigenvalue weighted by molar-refractivity contribution is 0.0783. The fraction of sp³-hybridized carbons (Fsp3) is 0.414. The Morgan fingerprint density at radius 3 is 2.76 bits per heavy atom. The second kappa shape index (κ2) is 11.0. The van der Waals surface area contributed by atoms with Gasteiger partial charge in [-0.15, -0.1) is 0 Å². The summed E-state index contributed by atoms with van der Waals surface area (Å²) in [5.74, 6) is -0.355. The molecule has 1 aromatic carbocycles. The standard InChI is InChI=1S/C29H30ClN5O3/c1-2-3-7-24-33-27(36)25(28(37)34-13-12-21(17-34)23-11-10-22(30)16-32-23)29(38)35(24)26(19-8-9-19)20-6-4-5-18(14-20)15-31/h4-6,10-11,14,16,19,21,26,36H,2-3,7-9,12-13,17H2,1H3/t21?,26-/m0/s1. The first kappa shape index (κ1) is 25.9. The Hall–Kier alpha value is -3.70. The van der Waals surface area contributed by atoms with Crippen LogP contribution in [0.4, 0.5) is 0 Å². The van der Waals surface area contributed by atoms with Gasteiger partial charge in [0.15, 0.2) is 5.56 Å². The van der Waals surface area contributed by atoms with Gasteiger partial charge in [-0.05, 0) is 61.4 Å². The monoisotopic (exact) mass is 531 g/mol. The number of likely N-dealkylation sites (tertiary alicyclic amines) is 1. The van der Waals surface area contributed by atoms with Crippen molar-refractivity contribution in [3.63, 3.8) is 0 Å². The van der Waals surface area contributed by atoms with Gasteiger partial charge < -0.3 is 10.0 Å². The number of halogens is 1. The Bertz CT molecular complexity index is 1440. The lowest BCUT2D eigenvalue weighted by Gasteiger charge is -2.25. The predicted octanol–water partition coefficient (Wildman–Crippen LogP) is 4.84. The van der Waals surface area contributed by atoms with E-state index in [9.17, 15) is 20.0 Å². The van der Waals surface area contributed by atoms with Crippen LogP contribution in [0.3, 0.4) is 0 Å². The minimum atomic E-state index is -0.527. The quantitative estimate of drug-likeness (QED) is 0.445. The van der Waals surface area contributed by atoms with E-state index >= 15 is 0 Å². The number of rotatable bonds is 8. The Labute approximate surface area is 226 Å². The number of amides is 1. The summed E-state index contributed by atoms with van der Waals surface area (Å²) in [4.78, 5) is 38.2. The molecule has 1 aliphatic carbocycles. The Kier molecular flexibility index (Phi) is 7.48. The van der Waals surface area contributed by atoms with Gasteiger partial charge in [0.2, 0.25) is 5.88 Å². The van der Waals surface area contributed by atoms with E-state index in [1.165, 1.54) is 0 Å². The molecule has 8 nitrogen and oxygen atoms in total. The molecule has 1 saturated carbocycles. The molecule has 0 spiro atoms. The Morgan fingerprint density at radius 2 is 2.08 bits per heavy atom. The van der Waals surface area contributed by atoms with Gasteiger partial charge in [-0.3, -0.25) is 19.1 Å². The fourth-order valence-electron chi connectivity index (χ4n) is 5.36. The summed E-state index contributed by atoms with van der Waals surface area (Å²) < 4.78 is 1.62. The topological polar surface area (TPSA) is 112 Å². The van der Waals surface area contributed by atoms with Crippen molar-refractivity contribution in [3.8, 4) is 11.9 Å². The minimum absolute atomic E-state index is 0.0188. The van der Waals surface area contributed by atoms with E-state index < -0.39 is 17.3 Å². The van der Waals surface area contributed by atoms with E-state index in [-0.39, 0.29) is 23.4 Å². The number of hydrogen-bond donors (Lipinski definition) is 1. The molecule has 3 heterocycles. The highest BCUT2D eigenvalue weighted by Crippen LogP contribution is 2.44. The average molecular weight is 532 g/mol. The number of carbonyl (C=O) groups is 1. The molecule has 3 aromatic rings. The maximum atomic E-state index is 14.1. The number of unbranched alkanes of at least 4 members (excludes halogenated alkanes) is 1. The molecule has 9 heteroatoms. The molecule has 5 rings (SSSR count). The first-order valence-electron chi connectivity index (χ1n) is 13.2. The highest BCUT2D eigenvalue weighted by atomic mass is 35.5. The first-order chi connectivity index (χ1) is 18.4. The van der Waals surface area contributed by atoms with Crippen molar-refractivity contribution in [3.05, 3.63) is 86.2 Å². The van der Waals surface area contributed by atoms with E-state index in [4.69, 9.17) is 11.6 Å². The molecule has 1 N–H and O–H groups in total. The zero-order chi connectivity index (χ0) is 26.8. The van der Waals surface area contributed by atoms with Crippen molar-refractivity contribution in [1.29, 1.82) is 5.26 Å². The molecule has 2 aliphatic rings. The maximum absolute atomic E-state index is 14.1. The van der Waals surface area contributed by atoms with E-state index in [1.54, 1.807) is 33.9 Å². The van der Waals surface area contributed by atoms with Crippen LogP contribution in [0.1, 0.15) is 84.0 Å². The van der Waals surface area contributed by atoms with Gasteiger partial charge in [-0.1, -0.05) is 37.1 Å². The lowest BCUT2D eigenvalue weighted by Crippen LogP contribution is -2.39. The smallest absolute Gasteiger partial charge is 0.270 e. The van der Waals surface area contributed by atoms with Crippen molar-refractivity contribution in [1.82, 2.24) is 19.4 Å². The zero-order valence-electron chi connectivity index (χ0n) is 21.3. The first-order valence-corrected chi connectivity index (χ1v) is 13.5. The summed E-state index contributed by atoms with van der Waals surface area (Å²) in [6.07, 6.45) is 6.34. The van der Waals surface area contributed by atoms with Crippen molar-refractivity contribution in [2.75, 3.05) is 13.1 Å². The fourth-order valence-corrected chi connectivity index (χ4v) is 5.47. The predicted molar refractivity (Wildman–Crippen MR) is 143 cm³/mol. The van der Waals surface area contributed by atoms with E-state index in [2.05, 4.69) is 16.0 Å². The van der Waals surface area contributed by atoms with Crippen LogP contribution in [-0.4, -0.2) is 43.5 Å². The van der Waals surface area contributed by atoms with Crippen LogP contribution in [-0.2, 0) is 6.42 Å². The zero-order valence-corrected chi connectivity index (χ0v) is 22.1. The molecule has 196 valence electrons. The molecule has 0 radical (unpaired) electrons. The molecule has 1 amide bonds. The Morgan fingerprint density at radius 1 is 1.26 bits per heavy atom. The molecule has 1 saturated heterocycles.